The van der Waals surface area contributed by atoms with Gasteiger partial charge in [-0.05, 0) is 101 Å². The normalized spacial score (nSPS) is 11.9. The Balaban J connectivity index is 0.775. The van der Waals surface area contributed by atoms with E-state index in [9.17, 15) is 0 Å². The van der Waals surface area contributed by atoms with Gasteiger partial charge in [0.1, 0.15) is 33.5 Å². The monoisotopic (exact) mass is 972 g/mol. The van der Waals surface area contributed by atoms with Crippen LogP contribution in [-0.4, -0.2) is 19.5 Å². The molecule has 0 unspecified atom stereocenters. The number of fused-ring (bicyclic) bond motifs is 12. The first kappa shape index (κ1) is 42.2. The summed E-state index contributed by atoms with van der Waals surface area (Å²) in [5.74, 6) is 1.74. The molecule has 0 aliphatic heterocycles. The van der Waals surface area contributed by atoms with Crippen LogP contribution in [0, 0.1) is 0 Å². The summed E-state index contributed by atoms with van der Waals surface area (Å²) < 4.78 is 21.6. The molecule has 0 bridgehead atoms. The minimum absolute atomic E-state index is 0.566. The fourth-order valence-electron chi connectivity index (χ4n) is 11.4. The molecular weight excluding hydrogens is 933 g/mol. The smallest absolute Gasteiger partial charge is 0.164 e. The van der Waals surface area contributed by atoms with E-state index in [0.29, 0.717) is 17.5 Å². The molecule has 0 atom stereocenters. The third-order valence-corrected chi connectivity index (χ3v) is 15.1. The van der Waals surface area contributed by atoms with E-state index in [0.717, 1.165) is 133 Å². The standard InChI is InChI=1S/C69H40N4O3/c1-2-12-43(13-3-1)67-70-68(44-26-24-41(25-27-44)47-30-35-53-51-15-5-8-21-60(51)75-64(53)40-47)72-69(71-67)55-19-11-23-63-65(55)57-39-46(32-37-62(57)74-63)45-31-36-59-56(38-45)50-14-4-7-20-58(50)73(59)48-33-28-42(29-34-48)49-17-10-18-54-52-16-6-9-22-61(52)76-66(49)54/h1-40H. The van der Waals surface area contributed by atoms with Crippen LogP contribution in [0.1, 0.15) is 0 Å². The average molecular weight is 973 g/mol. The van der Waals surface area contributed by atoms with Crippen molar-refractivity contribution in [2.75, 3.05) is 0 Å². The van der Waals surface area contributed by atoms with E-state index in [2.05, 4.69) is 174 Å². The van der Waals surface area contributed by atoms with Crippen molar-refractivity contribution in [3.8, 4) is 73.2 Å². The molecule has 0 saturated heterocycles. The van der Waals surface area contributed by atoms with Crippen LogP contribution in [0.15, 0.2) is 256 Å². The molecule has 0 radical (unpaired) electrons. The van der Waals surface area contributed by atoms with E-state index >= 15 is 0 Å². The molecule has 0 N–H and O–H groups in total. The van der Waals surface area contributed by atoms with Crippen molar-refractivity contribution in [3.05, 3.63) is 243 Å². The Hall–Kier alpha value is -10.4. The molecule has 5 aromatic heterocycles. The summed E-state index contributed by atoms with van der Waals surface area (Å²) in [5, 5.41) is 8.77. The van der Waals surface area contributed by atoms with Crippen molar-refractivity contribution >= 4 is 87.6 Å². The van der Waals surface area contributed by atoms with Gasteiger partial charge in [-0.2, -0.15) is 0 Å². The second kappa shape index (κ2) is 16.6. The average Bonchev–Trinajstić information content (AvgIpc) is 4.30. The van der Waals surface area contributed by atoms with Crippen molar-refractivity contribution < 1.29 is 13.3 Å². The Morgan fingerprint density at radius 3 is 1.59 bits per heavy atom. The molecule has 0 saturated carbocycles. The van der Waals surface area contributed by atoms with Crippen molar-refractivity contribution in [1.29, 1.82) is 0 Å². The van der Waals surface area contributed by atoms with E-state index in [-0.39, 0.29) is 0 Å². The SMILES string of the molecule is c1ccc(-c2nc(-c3ccc(-c4ccc5c(c4)oc4ccccc45)cc3)nc(-c3cccc4oc5ccc(-c6ccc7c(c6)c6ccccc6n7-c6ccc(-c7cccc8c7oc7ccccc78)cc6)cc5c34)n2)cc1. The number of hydrogen-bond acceptors (Lipinski definition) is 6. The number of hydrogen-bond donors (Lipinski definition) is 0. The van der Waals surface area contributed by atoms with E-state index in [1.807, 2.05) is 72.8 Å². The summed E-state index contributed by atoms with van der Waals surface area (Å²) >= 11 is 0. The highest BCUT2D eigenvalue weighted by atomic mass is 16.3. The van der Waals surface area contributed by atoms with Crippen LogP contribution in [0.5, 0.6) is 0 Å². The van der Waals surface area contributed by atoms with Crippen LogP contribution in [0.3, 0.4) is 0 Å². The highest BCUT2D eigenvalue weighted by Gasteiger charge is 2.21. The number of aromatic nitrogens is 4. The number of nitrogens with zero attached hydrogens (tertiary/aromatic N) is 4. The van der Waals surface area contributed by atoms with Crippen molar-refractivity contribution in [1.82, 2.24) is 19.5 Å². The lowest BCUT2D eigenvalue weighted by atomic mass is 9.99. The van der Waals surface area contributed by atoms with E-state index in [4.69, 9.17) is 28.2 Å². The quantitative estimate of drug-likeness (QED) is 0.158. The van der Waals surface area contributed by atoms with Crippen LogP contribution >= 0.6 is 0 Å². The lowest BCUT2D eigenvalue weighted by Crippen LogP contribution is -2.00. The molecule has 0 aliphatic rings. The van der Waals surface area contributed by atoms with Gasteiger partial charge in [0, 0.05) is 71.0 Å². The summed E-state index contributed by atoms with van der Waals surface area (Å²) in [6.07, 6.45) is 0. The zero-order chi connectivity index (χ0) is 49.8. The van der Waals surface area contributed by atoms with Crippen LogP contribution in [-0.2, 0) is 0 Å². The molecule has 0 fully saturated rings. The Morgan fingerprint density at radius 2 is 0.776 bits per heavy atom. The lowest BCUT2D eigenvalue weighted by Gasteiger charge is -2.10. The molecule has 0 aliphatic carbocycles. The molecule has 5 heterocycles. The van der Waals surface area contributed by atoms with Gasteiger partial charge in [-0.25, -0.2) is 15.0 Å². The Kier molecular flexibility index (Phi) is 9.20. The number of para-hydroxylation sites is 4. The molecule has 11 aromatic carbocycles. The first-order valence-corrected chi connectivity index (χ1v) is 25.5. The van der Waals surface area contributed by atoms with Crippen molar-refractivity contribution in [2.45, 2.75) is 0 Å². The Labute approximate surface area is 434 Å². The lowest BCUT2D eigenvalue weighted by molar-refractivity contribution is 0.668. The van der Waals surface area contributed by atoms with Crippen LogP contribution in [0.25, 0.3) is 161 Å². The molecule has 16 rings (SSSR count). The molecule has 7 nitrogen and oxygen atoms in total. The van der Waals surface area contributed by atoms with Crippen molar-refractivity contribution in [3.63, 3.8) is 0 Å². The second-order valence-electron chi connectivity index (χ2n) is 19.5. The van der Waals surface area contributed by atoms with Crippen molar-refractivity contribution in [2.24, 2.45) is 0 Å². The molecule has 0 amide bonds. The van der Waals surface area contributed by atoms with Gasteiger partial charge < -0.3 is 17.8 Å². The van der Waals surface area contributed by atoms with E-state index in [1.165, 1.54) is 10.8 Å². The van der Waals surface area contributed by atoms with Crippen LogP contribution < -0.4 is 0 Å². The van der Waals surface area contributed by atoms with E-state index < -0.39 is 0 Å². The first-order valence-electron chi connectivity index (χ1n) is 25.5. The highest BCUT2D eigenvalue weighted by molar-refractivity contribution is 6.15. The van der Waals surface area contributed by atoms with Gasteiger partial charge in [-0.15, -0.1) is 0 Å². The molecule has 7 heteroatoms. The largest absolute Gasteiger partial charge is 0.456 e. The van der Waals surface area contributed by atoms with Crippen LogP contribution in [0.2, 0.25) is 0 Å². The Bertz CT molecular complexity index is 4990. The summed E-state index contributed by atoms with van der Waals surface area (Å²) in [4.78, 5) is 15.5. The number of benzene rings is 11. The maximum atomic E-state index is 6.60. The summed E-state index contributed by atoms with van der Waals surface area (Å²) in [5.41, 5.74) is 17.6. The molecule has 16 aromatic rings. The van der Waals surface area contributed by atoms with Gasteiger partial charge in [0.25, 0.3) is 0 Å². The molecular formula is C69H40N4O3. The third kappa shape index (κ3) is 6.66. The number of furan rings is 3. The van der Waals surface area contributed by atoms with Crippen LogP contribution in [0.4, 0.5) is 0 Å². The van der Waals surface area contributed by atoms with Gasteiger partial charge in [0.15, 0.2) is 17.5 Å². The fourth-order valence-corrected chi connectivity index (χ4v) is 11.4. The highest BCUT2D eigenvalue weighted by Crippen LogP contribution is 2.42. The minimum atomic E-state index is 0.566. The topological polar surface area (TPSA) is 83.0 Å². The first-order chi connectivity index (χ1) is 37.6. The van der Waals surface area contributed by atoms with E-state index in [1.54, 1.807) is 0 Å². The predicted octanol–water partition coefficient (Wildman–Crippen LogP) is 18.7. The summed E-state index contributed by atoms with van der Waals surface area (Å²) in [7, 11) is 0. The maximum Gasteiger partial charge on any atom is 0.164 e. The second-order valence-corrected chi connectivity index (χ2v) is 19.5. The third-order valence-electron chi connectivity index (χ3n) is 15.1. The summed E-state index contributed by atoms with van der Waals surface area (Å²) in [6.45, 7) is 0. The maximum absolute atomic E-state index is 6.60. The molecule has 0 spiro atoms. The predicted molar refractivity (Wildman–Crippen MR) is 309 cm³/mol. The molecule has 76 heavy (non-hydrogen) atoms. The van der Waals surface area contributed by atoms with Gasteiger partial charge in [-0.1, -0.05) is 170 Å². The van der Waals surface area contributed by atoms with Gasteiger partial charge >= 0.3 is 0 Å². The molecule has 354 valence electrons. The van der Waals surface area contributed by atoms with Gasteiger partial charge in [-0.3, -0.25) is 0 Å². The number of rotatable bonds is 7. The van der Waals surface area contributed by atoms with Gasteiger partial charge in [0.05, 0.1) is 11.0 Å². The summed E-state index contributed by atoms with van der Waals surface area (Å²) in [6, 6.07) is 84.6. The minimum Gasteiger partial charge on any atom is -0.456 e. The van der Waals surface area contributed by atoms with Gasteiger partial charge in [0.2, 0.25) is 0 Å². The zero-order valence-electron chi connectivity index (χ0n) is 40.6. The Morgan fingerprint density at radius 1 is 0.263 bits per heavy atom. The zero-order valence-corrected chi connectivity index (χ0v) is 40.6. The fraction of sp³-hybridized carbons (Fsp3) is 0.